The molecule has 0 aliphatic heterocycles. The molecule has 2 amide bonds. The monoisotopic (exact) mass is 689 g/mol. The molecule has 0 saturated heterocycles. The van der Waals surface area contributed by atoms with Gasteiger partial charge in [-0.1, -0.05) is 45.0 Å². The number of urea groups is 1. The molecule has 0 aliphatic rings. The first-order chi connectivity index (χ1) is 22.8. The van der Waals surface area contributed by atoms with Crippen molar-refractivity contribution in [1.29, 1.82) is 0 Å². The highest BCUT2D eigenvalue weighted by Gasteiger charge is 2.31. The molecule has 3 rings (SSSR count). The summed E-state index contributed by atoms with van der Waals surface area (Å²) in [6.45, 7) is 14.2. The number of guanidine groups is 1. The molecule has 0 fully saturated rings. The molecule has 0 saturated carbocycles. The van der Waals surface area contributed by atoms with Crippen molar-refractivity contribution in [2.24, 2.45) is 22.2 Å². The van der Waals surface area contributed by atoms with Gasteiger partial charge >= 0.3 is 12.2 Å². The van der Waals surface area contributed by atoms with Gasteiger partial charge in [0, 0.05) is 30.2 Å². The van der Waals surface area contributed by atoms with Gasteiger partial charge in [-0.05, 0) is 76.0 Å². The molecule has 1 heterocycles. The molecule has 0 radical (unpaired) electrons. The third-order valence-electron chi connectivity index (χ3n) is 6.56. The Balaban J connectivity index is 0.000000343. The summed E-state index contributed by atoms with van der Waals surface area (Å²) in [5, 5.41) is 8.35. The Labute approximate surface area is 285 Å². The van der Waals surface area contributed by atoms with Crippen LogP contribution in [0.3, 0.4) is 0 Å². The summed E-state index contributed by atoms with van der Waals surface area (Å²) in [7, 11) is 0. The number of carbonyl (C=O) groups is 1. The van der Waals surface area contributed by atoms with Crippen LogP contribution < -0.4 is 43.4 Å². The molecule has 270 valence electrons. The molecule has 0 bridgehead atoms. The van der Waals surface area contributed by atoms with Crippen molar-refractivity contribution in [2.45, 2.75) is 78.1 Å². The molecule has 1 aromatic heterocycles. The summed E-state index contributed by atoms with van der Waals surface area (Å²) in [5.74, 6) is 0.976. The molecule has 49 heavy (non-hydrogen) atoms. The number of aromatic amines is 1. The summed E-state index contributed by atoms with van der Waals surface area (Å²) in [6, 6.07) is 10.2. The molecule has 0 atom stereocenters. The standard InChI is InChI=1S/C19H28N6O.C15H22F3N3O2/c1-19(2,3)17-24-12-15(16(26)25-17)14-7-5-13(6-8-14)11-22-9-4-10-23-18(20)21;1-14(2,3)21-13(22)20-11-9-10(15(16,17)18)5-6-12(11)23-8-4-7-19/h5-8,12,22H,4,9-11H2,1-3H3,(H4,20,21,23)(H,24,25,26);5-6,9H,4,7-8,19H2,1-3H3,(H2,20,21,22). The van der Waals surface area contributed by atoms with E-state index in [2.05, 4.69) is 30.9 Å². The van der Waals surface area contributed by atoms with Crippen LogP contribution in [0.15, 0.2) is 58.4 Å². The highest BCUT2D eigenvalue weighted by atomic mass is 19.4. The largest absolute Gasteiger partial charge is 0.491 e. The second kappa shape index (κ2) is 18.2. The van der Waals surface area contributed by atoms with Gasteiger partial charge in [0.15, 0.2) is 5.96 Å². The molecule has 3 aromatic rings. The van der Waals surface area contributed by atoms with Gasteiger partial charge in [0.1, 0.15) is 11.6 Å². The second-order valence-corrected chi connectivity index (χ2v) is 13.3. The maximum atomic E-state index is 12.8. The number of carbonyl (C=O) groups excluding carboxylic acids is 1. The molecule has 12 nitrogen and oxygen atoms in total. The predicted molar refractivity (Wildman–Crippen MR) is 189 cm³/mol. The zero-order chi connectivity index (χ0) is 36.8. The highest BCUT2D eigenvalue weighted by Crippen LogP contribution is 2.35. The van der Waals surface area contributed by atoms with E-state index >= 15 is 0 Å². The first-order valence-corrected chi connectivity index (χ1v) is 15.9. The van der Waals surface area contributed by atoms with Gasteiger partial charge < -0.3 is 42.9 Å². The summed E-state index contributed by atoms with van der Waals surface area (Å²) in [4.78, 5) is 35.5. The van der Waals surface area contributed by atoms with Crippen molar-refractivity contribution >= 4 is 17.7 Å². The van der Waals surface area contributed by atoms with Gasteiger partial charge in [-0.15, -0.1) is 0 Å². The number of alkyl halides is 3. The topological polar surface area (TPSA) is 199 Å². The van der Waals surface area contributed by atoms with Crippen LogP contribution in [0, 0.1) is 0 Å². The fraction of sp³-hybridized carbons (Fsp3) is 0.471. The Bertz CT molecular complexity index is 1570. The molecule has 15 heteroatoms. The number of nitrogens with two attached hydrogens (primary N) is 3. The van der Waals surface area contributed by atoms with Gasteiger partial charge in [0.25, 0.3) is 5.56 Å². The van der Waals surface area contributed by atoms with E-state index in [1.165, 1.54) is 6.07 Å². The van der Waals surface area contributed by atoms with Crippen LogP contribution in [0.2, 0.25) is 0 Å². The minimum atomic E-state index is -4.51. The van der Waals surface area contributed by atoms with E-state index < -0.39 is 23.3 Å². The van der Waals surface area contributed by atoms with Crippen molar-refractivity contribution in [1.82, 2.24) is 20.6 Å². The highest BCUT2D eigenvalue weighted by molar-refractivity contribution is 5.91. The number of hydrogen-bond donors (Lipinski definition) is 7. The van der Waals surface area contributed by atoms with Gasteiger partial charge in [0.2, 0.25) is 0 Å². The Hall–Kier alpha value is -4.63. The van der Waals surface area contributed by atoms with Crippen molar-refractivity contribution in [2.75, 3.05) is 31.6 Å². The van der Waals surface area contributed by atoms with E-state index in [9.17, 15) is 22.8 Å². The molecule has 0 aliphatic carbocycles. The van der Waals surface area contributed by atoms with Gasteiger partial charge in [0.05, 0.1) is 23.4 Å². The van der Waals surface area contributed by atoms with Crippen LogP contribution in [-0.2, 0) is 18.1 Å². The Morgan fingerprint density at radius 2 is 1.67 bits per heavy atom. The number of amides is 2. The number of rotatable bonds is 12. The van der Waals surface area contributed by atoms with Crippen molar-refractivity contribution in [3.63, 3.8) is 0 Å². The van der Waals surface area contributed by atoms with Gasteiger partial charge in [-0.3, -0.25) is 9.79 Å². The molecule has 2 aromatic carbocycles. The van der Waals surface area contributed by atoms with E-state index in [0.717, 1.165) is 42.8 Å². The van der Waals surface area contributed by atoms with E-state index in [4.69, 9.17) is 21.9 Å². The summed E-state index contributed by atoms with van der Waals surface area (Å²) >= 11 is 0. The van der Waals surface area contributed by atoms with E-state index in [1.807, 2.05) is 45.0 Å². The Kier molecular flexibility index (Phi) is 15.1. The smallest absolute Gasteiger partial charge is 0.416 e. The van der Waals surface area contributed by atoms with Crippen molar-refractivity contribution < 1.29 is 22.7 Å². The number of aliphatic imine (C=N–C) groups is 1. The number of ether oxygens (including phenoxy) is 1. The van der Waals surface area contributed by atoms with E-state index in [0.29, 0.717) is 30.9 Å². The SMILES string of the molecule is CC(C)(C)NC(=O)Nc1cc(C(F)(F)F)ccc1OCCCN.CC(C)(C)c1ncc(-c2ccc(CNCCCN=C(N)N)cc2)c(=O)[nH]1. The lowest BCUT2D eigenvalue weighted by Gasteiger charge is -2.22. The zero-order valence-electron chi connectivity index (χ0n) is 29.1. The van der Waals surface area contributed by atoms with E-state index in [-0.39, 0.29) is 35.0 Å². The first kappa shape index (κ1) is 40.5. The average molecular weight is 690 g/mol. The molecule has 10 N–H and O–H groups in total. The third kappa shape index (κ3) is 15.0. The van der Waals surface area contributed by atoms with Gasteiger partial charge in [-0.25, -0.2) is 9.78 Å². The Morgan fingerprint density at radius 1 is 1.00 bits per heavy atom. The predicted octanol–water partition coefficient (Wildman–Crippen LogP) is 4.84. The number of benzene rings is 2. The van der Waals surface area contributed by atoms with Crippen molar-refractivity contribution in [3.05, 3.63) is 76.0 Å². The minimum Gasteiger partial charge on any atom is -0.491 e. The quantitative estimate of drug-likeness (QED) is 0.0796. The van der Waals surface area contributed by atoms with Gasteiger partial charge in [-0.2, -0.15) is 13.2 Å². The summed E-state index contributed by atoms with van der Waals surface area (Å²) in [5.41, 5.74) is 16.8. The van der Waals surface area contributed by atoms with Crippen LogP contribution in [0.4, 0.5) is 23.7 Å². The lowest BCUT2D eigenvalue weighted by atomic mass is 9.95. The normalized spacial score (nSPS) is 11.6. The Morgan fingerprint density at radius 3 is 2.22 bits per heavy atom. The molecular weight excluding hydrogens is 639 g/mol. The number of nitrogens with one attached hydrogen (secondary N) is 4. The van der Waals surface area contributed by atoms with Crippen LogP contribution in [0.5, 0.6) is 5.75 Å². The number of nitrogens with zero attached hydrogens (tertiary/aromatic N) is 2. The fourth-order valence-electron chi connectivity index (χ4n) is 4.12. The van der Waals surface area contributed by atoms with Crippen LogP contribution in [0.25, 0.3) is 11.1 Å². The lowest BCUT2D eigenvalue weighted by Crippen LogP contribution is -2.43. The maximum Gasteiger partial charge on any atom is 0.416 e. The molecule has 0 spiro atoms. The second-order valence-electron chi connectivity index (χ2n) is 13.3. The van der Waals surface area contributed by atoms with Crippen LogP contribution >= 0.6 is 0 Å². The minimum absolute atomic E-state index is 0.0430. The maximum absolute atomic E-state index is 12.8. The number of hydrogen-bond acceptors (Lipinski definition) is 7. The first-order valence-electron chi connectivity index (χ1n) is 15.9. The summed E-state index contributed by atoms with van der Waals surface area (Å²) < 4.78 is 43.9. The van der Waals surface area contributed by atoms with Crippen molar-refractivity contribution in [3.8, 4) is 16.9 Å². The third-order valence-corrected chi connectivity index (χ3v) is 6.56. The summed E-state index contributed by atoms with van der Waals surface area (Å²) in [6.07, 6.45) is -1.44. The zero-order valence-corrected chi connectivity index (χ0v) is 29.1. The van der Waals surface area contributed by atoms with Crippen LogP contribution in [-0.4, -0.2) is 53.7 Å². The van der Waals surface area contributed by atoms with Crippen LogP contribution in [0.1, 0.15) is 71.3 Å². The lowest BCUT2D eigenvalue weighted by molar-refractivity contribution is -0.137. The molecule has 0 unspecified atom stereocenters. The fourth-order valence-corrected chi connectivity index (χ4v) is 4.12. The number of halogens is 3. The van der Waals surface area contributed by atoms with E-state index in [1.54, 1.807) is 27.0 Å². The number of aromatic nitrogens is 2. The average Bonchev–Trinajstić information content (AvgIpc) is 2.98. The molecular formula is C34H50F3N9O3. The number of anilines is 1. The number of H-pyrrole nitrogens is 1.